The van der Waals surface area contributed by atoms with Crippen molar-refractivity contribution in [2.75, 3.05) is 26.3 Å². The van der Waals surface area contributed by atoms with Crippen LogP contribution < -0.4 is 4.74 Å². The molecule has 1 aromatic heterocycles. The van der Waals surface area contributed by atoms with Gasteiger partial charge in [-0.2, -0.15) is 5.10 Å². The van der Waals surface area contributed by atoms with Gasteiger partial charge in [-0.1, -0.05) is 30.3 Å². The first-order valence-corrected chi connectivity index (χ1v) is 10.3. The van der Waals surface area contributed by atoms with Crippen molar-refractivity contribution in [1.29, 1.82) is 0 Å². The molecule has 1 aliphatic carbocycles. The third-order valence-electron chi connectivity index (χ3n) is 5.74. The first-order valence-electron chi connectivity index (χ1n) is 10.3. The van der Waals surface area contributed by atoms with Crippen LogP contribution in [-0.2, 0) is 9.53 Å². The molecule has 30 heavy (non-hydrogen) atoms. The molecule has 3 unspecified atom stereocenters. The summed E-state index contributed by atoms with van der Waals surface area (Å²) >= 11 is 0. The summed E-state index contributed by atoms with van der Waals surface area (Å²) in [6.07, 6.45) is 3.98. The van der Waals surface area contributed by atoms with Crippen molar-refractivity contribution >= 4 is 5.91 Å². The molecular formula is C23H24N4O3. The topological polar surface area (TPSA) is 69.5 Å². The van der Waals surface area contributed by atoms with E-state index in [4.69, 9.17) is 9.47 Å². The molecule has 7 nitrogen and oxygen atoms in total. The number of benzene rings is 2. The number of carbonyl (C=O) groups excluding carboxylic acids is 1. The minimum absolute atomic E-state index is 0.108. The Morgan fingerprint density at radius 3 is 2.73 bits per heavy atom. The number of carbonyl (C=O) groups is 1. The maximum Gasteiger partial charge on any atom is 0.226 e. The SMILES string of the molecule is O=C(C1CC1c1ccccc1)N1CCOC(COc2ccc(-n3cncn3)cc2)C1. The Morgan fingerprint density at radius 1 is 1.13 bits per heavy atom. The fraction of sp³-hybridized carbons (Fsp3) is 0.348. The molecule has 0 radical (unpaired) electrons. The summed E-state index contributed by atoms with van der Waals surface area (Å²) in [5, 5.41) is 4.11. The second-order valence-corrected chi connectivity index (χ2v) is 7.78. The van der Waals surface area contributed by atoms with Crippen LogP contribution in [0.4, 0.5) is 0 Å². The Hall–Kier alpha value is -3.19. The Kier molecular flexibility index (Phi) is 5.19. The average Bonchev–Trinajstić information content (AvgIpc) is 3.42. The highest BCUT2D eigenvalue weighted by Gasteiger charge is 2.46. The average molecular weight is 404 g/mol. The molecule has 0 bridgehead atoms. The third-order valence-corrected chi connectivity index (χ3v) is 5.74. The summed E-state index contributed by atoms with van der Waals surface area (Å²) in [4.78, 5) is 18.8. The van der Waals surface area contributed by atoms with E-state index in [1.54, 1.807) is 11.0 Å². The summed E-state index contributed by atoms with van der Waals surface area (Å²) < 4.78 is 13.4. The molecule has 3 atom stereocenters. The van der Waals surface area contributed by atoms with E-state index in [0.717, 1.165) is 17.9 Å². The van der Waals surface area contributed by atoms with Crippen LogP contribution in [-0.4, -0.2) is 58.0 Å². The van der Waals surface area contributed by atoms with E-state index in [2.05, 4.69) is 22.2 Å². The van der Waals surface area contributed by atoms with Crippen molar-refractivity contribution < 1.29 is 14.3 Å². The Balaban J connectivity index is 1.13. The van der Waals surface area contributed by atoms with Gasteiger partial charge in [0.25, 0.3) is 0 Å². The molecule has 0 spiro atoms. The molecule has 1 saturated carbocycles. The summed E-state index contributed by atoms with van der Waals surface area (Å²) in [7, 11) is 0. The van der Waals surface area contributed by atoms with Gasteiger partial charge in [0.1, 0.15) is 31.1 Å². The summed E-state index contributed by atoms with van der Waals surface area (Å²) in [6.45, 7) is 2.20. The molecule has 154 valence electrons. The van der Waals surface area contributed by atoms with Gasteiger partial charge < -0.3 is 14.4 Å². The minimum Gasteiger partial charge on any atom is -0.491 e. The van der Waals surface area contributed by atoms with E-state index in [1.165, 1.54) is 11.9 Å². The van der Waals surface area contributed by atoms with Crippen LogP contribution in [0.15, 0.2) is 67.3 Å². The van der Waals surface area contributed by atoms with Crippen LogP contribution in [0.25, 0.3) is 5.69 Å². The fourth-order valence-electron chi connectivity index (χ4n) is 4.02. The van der Waals surface area contributed by atoms with Crippen LogP contribution in [0.2, 0.25) is 0 Å². The van der Waals surface area contributed by atoms with Crippen LogP contribution in [0.5, 0.6) is 5.75 Å². The minimum atomic E-state index is -0.119. The normalized spacial score (nSPS) is 23.2. The highest BCUT2D eigenvalue weighted by atomic mass is 16.5. The number of amides is 1. The van der Waals surface area contributed by atoms with Gasteiger partial charge in [-0.05, 0) is 42.2 Å². The predicted octanol–water partition coefficient (Wildman–Crippen LogP) is 2.68. The number of nitrogens with zero attached hydrogens (tertiary/aromatic N) is 4. The maximum absolute atomic E-state index is 12.9. The lowest BCUT2D eigenvalue weighted by molar-refractivity contribution is -0.141. The fourth-order valence-corrected chi connectivity index (χ4v) is 4.02. The molecule has 0 N–H and O–H groups in total. The van der Waals surface area contributed by atoms with Gasteiger partial charge in [0.15, 0.2) is 0 Å². The first-order chi connectivity index (χ1) is 14.8. The number of ether oxygens (including phenoxy) is 2. The molecule has 7 heteroatoms. The van der Waals surface area contributed by atoms with E-state index < -0.39 is 0 Å². The smallest absolute Gasteiger partial charge is 0.226 e. The van der Waals surface area contributed by atoms with Gasteiger partial charge in [-0.15, -0.1) is 0 Å². The van der Waals surface area contributed by atoms with E-state index in [-0.39, 0.29) is 17.9 Å². The van der Waals surface area contributed by atoms with Crippen molar-refractivity contribution in [3.8, 4) is 11.4 Å². The summed E-state index contributed by atoms with van der Waals surface area (Å²) in [5.74, 6) is 1.47. The molecular weight excluding hydrogens is 380 g/mol. The Bertz CT molecular complexity index is 975. The maximum atomic E-state index is 12.9. The second-order valence-electron chi connectivity index (χ2n) is 7.78. The van der Waals surface area contributed by atoms with Crippen molar-refractivity contribution in [1.82, 2.24) is 19.7 Å². The van der Waals surface area contributed by atoms with Crippen molar-refractivity contribution in [2.24, 2.45) is 5.92 Å². The molecule has 1 saturated heterocycles. The zero-order valence-corrected chi connectivity index (χ0v) is 16.6. The Morgan fingerprint density at radius 2 is 1.97 bits per heavy atom. The molecule has 2 heterocycles. The molecule has 1 aliphatic heterocycles. The van der Waals surface area contributed by atoms with Gasteiger partial charge in [-0.25, -0.2) is 9.67 Å². The van der Waals surface area contributed by atoms with Crippen molar-refractivity contribution in [2.45, 2.75) is 18.4 Å². The van der Waals surface area contributed by atoms with Gasteiger partial charge in [0.05, 0.1) is 18.8 Å². The number of hydrogen-bond acceptors (Lipinski definition) is 5. The van der Waals surface area contributed by atoms with Gasteiger partial charge in [0, 0.05) is 12.5 Å². The third kappa shape index (κ3) is 4.07. The van der Waals surface area contributed by atoms with Crippen LogP contribution in [0, 0.1) is 5.92 Å². The predicted molar refractivity (Wildman–Crippen MR) is 110 cm³/mol. The zero-order chi connectivity index (χ0) is 20.3. The van der Waals surface area contributed by atoms with Crippen molar-refractivity contribution in [3.63, 3.8) is 0 Å². The van der Waals surface area contributed by atoms with E-state index in [1.807, 2.05) is 47.4 Å². The van der Waals surface area contributed by atoms with Gasteiger partial charge in [0.2, 0.25) is 5.91 Å². The molecule has 1 amide bonds. The molecule has 2 aromatic carbocycles. The quantitative estimate of drug-likeness (QED) is 0.632. The summed E-state index contributed by atoms with van der Waals surface area (Å²) in [5.41, 5.74) is 2.18. The lowest BCUT2D eigenvalue weighted by atomic mass is 10.1. The second kappa shape index (κ2) is 8.28. The van der Waals surface area contributed by atoms with E-state index >= 15 is 0 Å². The molecule has 5 rings (SSSR count). The number of aromatic nitrogens is 3. The lowest BCUT2D eigenvalue weighted by Crippen LogP contribution is -2.48. The zero-order valence-electron chi connectivity index (χ0n) is 16.6. The van der Waals surface area contributed by atoms with Crippen molar-refractivity contribution in [3.05, 3.63) is 72.8 Å². The summed E-state index contributed by atoms with van der Waals surface area (Å²) in [6, 6.07) is 18.0. The number of morpholine rings is 1. The van der Waals surface area contributed by atoms with E-state index in [9.17, 15) is 4.79 Å². The number of hydrogen-bond donors (Lipinski definition) is 0. The van der Waals surface area contributed by atoms with Crippen LogP contribution in [0.3, 0.4) is 0 Å². The highest BCUT2D eigenvalue weighted by Crippen LogP contribution is 2.48. The van der Waals surface area contributed by atoms with Gasteiger partial charge in [-0.3, -0.25) is 4.79 Å². The largest absolute Gasteiger partial charge is 0.491 e. The van der Waals surface area contributed by atoms with E-state index in [0.29, 0.717) is 32.2 Å². The standard InChI is InChI=1S/C23H24N4O3/c28-23(22-12-21(22)17-4-2-1-3-5-17)26-10-11-29-20(13-26)14-30-19-8-6-18(7-9-19)27-16-24-15-25-27/h1-9,15-16,20-22H,10-14H2. The van der Waals surface area contributed by atoms with Crippen LogP contribution in [0.1, 0.15) is 17.9 Å². The van der Waals surface area contributed by atoms with Crippen LogP contribution >= 0.6 is 0 Å². The first kappa shape index (κ1) is 18.8. The molecule has 2 fully saturated rings. The molecule has 2 aliphatic rings. The monoisotopic (exact) mass is 404 g/mol. The number of rotatable bonds is 6. The van der Waals surface area contributed by atoms with Gasteiger partial charge >= 0.3 is 0 Å². The Labute approximate surface area is 175 Å². The lowest BCUT2D eigenvalue weighted by Gasteiger charge is -2.33. The highest BCUT2D eigenvalue weighted by molar-refractivity contribution is 5.83. The molecule has 3 aromatic rings.